The summed E-state index contributed by atoms with van der Waals surface area (Å²) in [4.78, 5) is 15.6. The first kappa shape index (κ1) is 13.1. The smallest absolute Gasteiger partial charge is 0.189 e. The maximum Gasteiger partial charge on any atom is 0.189 e. The molecular formula is C16H14N6S. The third-order valence-corrected chi connectivity index (χ3v) is 5.69. The Balaban J connectivity index is 1.81. The number of hydrogen-bond acceptors (Lipinski definition) is 6. The van der Waals surface area contributed by atoms with Gasteiger partial charge >= 0.3 is 0 Å². The Hall–Kier alpha value is -2.41. The van der Waals surface area contributed by atoms with E-state index in [0.29, 0.717) is 17.4 Å². The summed E-state index contributed by atoms with van der Waals surface area (Å²) in [7, 11) is 0. The van der Waals surface area contributed by atoms with Crippen LogP contribution in [-0.2, 0) is 12.8 Å². The van der Waals surface area contributed by atoms with E-state index in [-0.39, 0.29) is 0 Å². The Kier molecular flexibility index (Phi) is 2.72. The van der Waals surface area contributed by atoms with E-state index in [0.717, 1.165) is 23.3 Å². The lowest BCUT2D eigenvalue weighted by Crippen LogP contribution is -2.09. The van der Waals surface area contributed by atoms with Gasteiger partial charge in [-0.15, -0.1) is 21.5 Å². The maximum absolute atomic E-state index is 4.65. The molecule has 1 atom stereocenters. The first-order chi connectivity index (χ1) is 11.3. The molecule has 0 N–H and O–H groups in total. The van der Waals surface area contributed by atoms with Crippen molar-refractivity contribution in [1.82, 2.24) is 29.5 Å². The summed E-state index contributed by atoms with van der Waals surface area (Å²) in [5, 5.41) is 9.95. The molecule has 0 aliphatic heterocycles. The fraction of sp³-hybridized carbons (Fsp3) is 0.312. The Morgan fingerprint density at radius 1 is 1.22 bits per heavy atom. The summed E-state index contributed by atoms with van der Waals surface area (Å²) in [6, 6.07) is 0. The van der Waals surface area contributed by atoms with Crippen molar-refractivity contribution in [3.8, 4) is 11.5 Å². The summed E-state index contributed by atoms with van der Waals surface area (Å²) in [6.45, 7) is 2.31. The largest absolute Gasteiger partial charge is 0.263 e. The molecule has 0 fully saturated rings. The summed E-state index contributed by atoms with van der Waals surface area (Å²) < 4.78 is 1.93. The minimum Gasteiger partial charge on any atom is -0.263 e. The van der Waals surface area contributed by atoms with Crippen LogP contribution in [0.5, 0.6) is 0 Å². The minimum absolute atomic E-state index is 0.686. The van der Waals surface area contributed by atoms with Crippen LogP contribution in [0.1, 0.15) is 23.8 Å². The van der Waals surface area contributed by atoms with E-state index in [9.17, 15) is 0 Å². The third-order valence-electron chi connectivity index (χ3n) is 4.49. The fourth-order valence-corrected chi connectivity index (χ4v) is 4.51. The van der Waals surface area contributed by atoms with Crippen LogP contribution < -0.4 is 0 Å². The van der Waals surface area contributed by atoms with Crippen molar-refractivity contribution in [2.45, 2.75) is 26.2 Å². The van der Waals surface area contributed by atoms with Gasteiger partial charge in [0.1, 0.15) is 16.9 Å². The summed E-state index contributed by atoms with van der Waals surface area (Å²) in [6.07, 6.45) is 10.3. The Bertz CT molecular complexity index is 1020. The zero-order chi connectivity index (χ0) is 15.4. The van der Waals surface area contributed by atoms with Gasteiger partial charge in [0.15, 0.2) is 11.5 Å². The molecule has 4 aromatic rings. The van der Waals surface area contributed by atoms with Crippen molar-refractivity contribution < 1.29 is 0 Å². The second-order valence-electron chi connectivity index (χ2n) is 6.08. The molecule has 23 heavy (non-hydrogen) atoms. The highest BCUT2D eigenvalue weighted by Gasteiger charge is 2.24. The molecule has 0 amide bonds. The van der Waals surface area contributed by atoms with Crippen LogP contribution in [0.3, 0.4) is 0 Å². The molecule has 7 heteroatoms. The summed E-state index contributed by atoms with van der Waals surface area (Å²) >= 11 is 1.80. The minimum atomic E-state index is 0.686. The highest BCUT2D eigenvalue weighted by molar-refractivity contribution is 7.19. The average Bonchev–Trinajstić information content (AvgIpc) is 3.16. The fourth-order valence-electron chi connectivity index (χ4n) is 3.34. The predicted octanol–water partition coefficient (Wildman–Crippen LogP) is 2.92. The van der Waals surface area contributed by atoms with Crippen molar-refractivity contribution in [2.24, 2.45) is 5.92 Å². The van der Waals surface area contributed by atoms with Gasteiger partial charge < -0.3 is 0 Å². The molecule has 1 aliphatic carbocycles. The second kappa shape index (κ2) is 4.79. The third kappa shape index (κ3) is 1.89. The van der Waals surface area contributed by atoms with Crippen molar-refractivity contribution >= 4 is 27.2 Å². The maximum atomic E-state index is 4.65. The van der Waals surface area contributed by atoms with Gasteiger partial charge in [-0.1, -0.05) is 6.92 Å². The zero-order valence-corrected chi connectivity index (χ0v) is 13.4. The van der Waals surface area contributed by atoms with Gasteiger partial charge in [0.2, 0.25) is 0 Å². The highest BCUT2D eigenvalue weighted by Crippen LogP contribution is 2.38. The molecule has 5 rings (SSSR count). The normalized spacial score (nSPS) is 17.7. The zero-order valence-electron chi connectivity index (χ0n) is 12.6. The number of rotatable bonds is 1. The molecule has 4 heterocycles. The Morgan fingerprint density at radius 2 is 2.17 bits per heavy atom. The lowest BCUT2D eigenvalue weighted by Gasteiger charge is -2.17. The predicted molar refractivity (Wildman–Crippen MR) is 88.4 cm³/mol. The van der Waals surface area contributed by atoms with Gasteiger partial charge in [0.25, 0.3) is 0 Å². The van der Waals surface area contributed by atoms with Gasteiger partial charge in [0, 0.05) is 17.3 Å². The molecular weight excluding hydrogens is 308 g/mol. The van der Waals surface area contributed by atoms with Gasteiger partial charge in [-0.25, -0.2) is 9.97 Å². The van der Waals surface area contributed by atoms with Crippen LogP contribution in [0.2, 0.25) is 0 Å². The van der Waals surface area contributed by atoms with Gasteiger partial charge in [0.05, 0.1) is 11.6 Å². The lowest BCUT2D eigenvalue weighted by atomic mass is 9.89. The second-order valence-corrected chi connectivity index (χ2v) is 7.17. The number of hydrogen-bond donors (Lipinski definition) is 0. The molecule has 1 unspecified atom stereocenters. The average molecular weight is 322 g/mol. The van der Waals surface area contributed by atoms with Crippen LogP contribution in [0.25, 0.3) is 27.4 Å². The first-order valence-corrected chi connectivity index (χ1v) is 8.53. The summed E-state index contributed by atoms with van der Waals surface area (Å²) in [5.74, 6) is 1.40. The van der Waals surface area contributed by atoms with Crippen molar-refractivity contribution in [1.29, 1.82) is 0 Å². The van der Waals surface area contributed by atoms with Gasteiger partial charge in [-0.05, 0) is 30.7 Å². The van der Waals surface area contributed by atoms with Crippen molar-refractivity contribution in [3.63, 3.8) is 0 Å². The topological polar surface area (TPSA) is 68.9 Å². The van der Waals surface area contributed by atoms with Crippen LogP contribution in [0.15, 0.2) is 24.9 Å². The monoisotopic (exact) mass is 322 g/mol. The van der Waals surface area contributed by atoms with Crippen LogP contribution >= 0.6 is 11.3 Å². The molecule has 0 saturated heterocycles. The molecule has 4 aromatic heterocycles. The molecule has 0 radical (unpaired) electrons. The molecule has 114 valence electrons. The standard InChI is InChI=1S/C16H14N6S/c1-9-2-3-12-10(6-9)13-15-21-20-14(11-7-17-4-5-18-11)22(15)8-19-16(13)23-12/h4-5,7-9H,2-3,6H2,1H3. The van der Waals surface area contributed by atoms with Crippen molar-refractivity contribution in [3.05, 3.63) is 35.4 Å². The number of aromatic nitrogens is 6. The number of thiophene rings is 1. The SMILES string of the molecule is CC1CCc2sc3ncn4c(-c5cnccn5)nnc4c3c2C1. The lowest BCUT2D eigenvalue weighted by molar-refractivity contribution is 0.508. The van der Waals surface area contributed by atoms with E-state index < -0.39 is 0 Å². The first-order valence-electron chi connectivity index (χ1n) is 7.71. The molecule has 1 aliphatic rings. The van der Waals surface area contributed by atoms with Crippen LogP contribution in [0, 0.1) is 5.92 Å². The number of aryl methyl sites for hydroxylation is 1. The quantitative estimate of drug-likeness (QED) is 0.539. The van der Waals surface area contributed by atoms with E-state index in [1.165, 1.54) is 22.2 Å². The summed E-state index contributed by atoms with van der Waals surface area (Å²) in [5.41, 5.74) is 3.00. The molecule has 0 spiro atoms. The molecule has 0 saturated carbocycles. The number of fused-ring (bicyclic) bond motifs is 5. The van der Waals surface area contributed by atoms with Crippen LogP contribution in [-0.4, -0.2) is 29.5 Å². The number of nitrogens with zero attached hydrogens (tertiary/aromatic N) is 6. The van der Waals surface area contributed by atoms with E-state index in [2.05, 4.69) is 32.1 Å². The van der Waals surface area contributed by atoms with Gasteiger partial charge in [-0.2, -0.15) is 0 Å². The van der Waals surface area contributed by atoms with Crippen LogP contribution in [0.4, 0.5) is 0 Å². The van der Waals surface area contributed by atoms with E-state index in [4.69, 9.17) is 0 Å². The Labute approximate surface area is 136 Å². The van der Waals surface area contributed by atoms with Crippen molar-refractivity contribution in [2.75, 3.05) is 0 Å². The Morgan fingerprint density at radius 3 is 3.04 bits per heavy atom. The van der Waals surface area contributed by atoms with E-state index >= 15 is 0 Å². The highest BCUT2D eigenvalue weighted by atomic mass is 32.1. The molecule has 0 aromatic carbocycles. The van der Waals surface area contributed by atoms with E-state index in [1.54, 1.807) is 36.3 Å². The van der Waals surface area contributed by atoms with Gasteiger partial charge in [-0.3, -0.25) is 9.38 Å². The van der Waals surface area contributed by atoms with E-state index in [1.807, 2.05) is 4.40 Å². The molecule has 0 bridgehead atoms. The molecule has 6 nitrogen and oxygen atoms in total.